The van der Waals surface area contributed by atoms with E-state index in [0.717, 1.165) is 33.7 Å². The predicted octanol–water partition coefficient (Wildman–Crippen LogP) is 4.74. The SMILES string of the molecule is CC(C=O)c1ccc(-c2ccc(C(F)(F)F)cc2)s1. The lowest BCUT2D eigenvalue weighted by Gasteiger charge is -2.06. The van der Waals surface area contributed by atoms with Gasteiger partial charge in [0.15, 0.2) is 0 Å². The first-order valence-corrected chi connectivity index (χ1v) is 6.46. The summed E-state index contributed by atoms with van der Waals surface area (Å²) in [5.41, 5.74) is 0.0663. The predicted molar refractivity (Wildman–Crippen MR) is 69.2 cm³/mol. The van der Waals surface area contributed by atoms with Crippen LogP contribution < -0.4 is 0 Å². The Kier molecular flexibility index (Phi) is 3.75. The molecular weight excluding hydrogens is 273 g/mol. The van der Waals surface area contributed by atoms with Gasteiger partial charge in [-0.1, -0.05) is 19.1 Å². The van der Waals surface area contributed by atoms with Crippen LogP contribution in [0.15, 0.2) is 36.4 Å². The molecule has 2 rings (SSSR count). The minimum absolute atomic E-state index is 0.187. The van der Waals surface area contributed by atoms with E-state index in [9.17, 15) is 18.0 Å². The Morgan fingerprint density at radius 2 is 1.74 bits per heavy atom. The molecule has 0 saturated heterocycles. The van der Waals surface area contributed by atoms with E-state index in [1.807, 2.05) is 12.1 Å². The molecule has 0 amide bonds. The molecule has 5 heteroatoms. The normalized spacial score (nSPS) is 13.3. The molecule has 1 nitrogen and oxygen atoms in total. The summed E-state index contributed by atoms with van der Waals surface area (Å²) < 4.78 is 37.3. The highest BCUT2D eigenvalue weighted by atomic mass is 32.1. The van der Waals surface area contributed by atoms with Gasteiger partial charge in [0.2, 0.25) is 0 Å². The third kappa shape index (κ3) is 3.04. The molecule has 0 fully saturated rings. The molecule has 0 aliphatic rings. The molecule has 1 heterocycles. The zero-order valence-corrected chi connectivity index (χ0v) is 10.9. The minimum atomic E-state index is -4.31. The zero-order valence-electron chi connectivity index (χ0n) is 10.1. The summed E-state index contributed by atoms with van der Waals surface area (Å²) >= 11 is 1.42. The molecule has 0 radical (unpaired) electrons. The van der Waals surface area contributed by atoms with Crippen LogP contribution in [0.2, 0.25) is 0 Å². The van der Waals surface area contributed by atoms with Gasteiger partial charge < -0.3 is 4.79 Å². The number of carbonyl (C=O) groups is 1. The van der Waals surface area contributed by atoms with Crippen molar-refractivity contribution in [2.24, 2.45) is 0 Å². The lowest BCUT2D eigenvalue weighted by molar-refractivity contribution is -0.137. The smallest absolute Gasteiger partial charge is 0.303 e. The van der Waals surface area contributed by atoms with Gasteiger partial charge in [0, 0.05) is 15.7 Å². The van der Waals surface area contributed by atoms with Crippen LogP contribution in [0.4, 0.5) is 13.2 Å². The molecule has 2 aromatic rings. The number of hydrogen-bond donors (Lipinski definition) is 0. The molecule has 1 aromatic carbocycles. The van der Waals surface area contributed by atoms with E-state index in [-0.39, 0.29) is 5.92 Å². The Morgan fingerprint density at radius 1 is 1.11 bits per heavy atom. The summed E-state index contributed by atoms with van der Waals surface area (Å²) in [7, 11) is 0. The van der Waals surface area contributed by atoms with E-state index in [1.54, 1.807) is 6.92 Å². The molecule has 0 spiro atoms. The lowest BCUT2D eigenvalue weighted by atomic mass is 10.1. The molecule has 1 atom stereocenters. The maximum absolute atomic E-state index is 12.4. The van der Waals surface area contributed by atoms with Gasteiger partial charge in [-0.3, -0.25) is 0 Å². The van der Waals surface area contributed by atoms with Crippen molar-refractivity contribution in [3.8, 4) is 10.4 Å². The lowest BCUT2D eigenvalue weighted by Crippen LogP contribution is -2.03. The van der Waals surface area contributed by atoms with Gasteiger partial charge in [-0.2, -0.15) is 13.2 Å². The highest BCUT2D eigenvalue weighted by Gasteiger charge is 2.30. The molecule has 19 heavy (non-hydrogen) atoms. The van der Waals surface area contributed by atoms with Crippen molar-refractivity contribution >= 4 is 17.6 Å². The summed E-state index contributed by atoms with van der Waals surface area (Å²) in [6, 6.07) is 8.68. The van der Waals surface area contributed by atoms with E-state index in [0.29, 0.717) is 0 Å². The van der Waals surface area contributed by atoms with E-state index in [4.69, 9.17) is 0 Å². The topological polar surface area (TPSA) is 17.1 Å². The number of thiophene rings is 1. The van der Waals surface area contributed by atoms with Gasteiger partial charge in [0.1, 0.15) is 6.29 Å². The quantitative estimate of drug-likeness (QED) is 0.744. The molecule has 100 valence electrons. The largest absolute Gasteiger partial charge is 0.416 e. The van der Waals surface area contributed by atoms with Crippen LogP contribution in [-0.4, -0.2) is 6.29 Å². The van der Waals surface area contributed by atoms with E-state index in [2.05, 4.69) is 0 Å². The van der Waals surface area contributed by atoms with Gasteiger partial charge in [0.05, 0.1) is 5.56 Å². The number of carbonyl (C=O) groups excluding carboxylic acids is 1. The van der Waals surface area contributed by atoms with Crippen LogP contribution >= 0.6 is 11.3 Å². The van der Waals surface area contributed by atoms with Gasteiger partial charge >= 0.3 is 6.18 Å². The molecular formula is C14H11F3OS. The second kappa shape index (κ2) is 5.17. The summed E-state index contributed by atoms with van der Waals surface area (Å²) in [6.45, 7) is 1.79. The number of benzene rings is 1. The average molecular weight is 284 g/mol. The van der Waals surface area contributed by atoms with Crippen molar-refractivity contribution in [3.05, 3.63) is 46.8 Å². The van der Waals surface area contributed by atoms with Gasteiger partial charge in [-0.15, -0.1) is 11.3 Å². The molecule has 0 saturated carbocycles. The Labute approximate surface area is 112 Å². The number of halogens is 3. The van der Waals surface area contributed by atoms with Crippen LogP contribution in [0, 0.1) is 0 Å². The summed E-state index contributed by atoms with van der Waals surface area (Å²) in [6.07, 6.45) is -3.46. The van der Waals surface area contributed by atoms with E-state index >= 15 is 0 Å². The Hall–Kier alpha value is -1.62. The average Bonchev–Trinajstić information content (AvgIpc) is 2.86. The third-order valence-corrected chi connectivity index (χ3v) is 4.11. The Morgan fingerprint density at radius 3 is 2.26 bits per heavy atom. The van der Waals surface area contributed by atoms with Gasteiger partial charge in [-0.05, 0) is 29.8 Å². The standard InChI is InChI=1S/C14H11F3OS/c1-9(8-18)12-6-7-13(19-12)10-2-4-11(5-3-10)14(15,16)17/h2-9H,1H3. The second-order valence-corrected chi connectivity index (χ2v) is 5.32. The molecule has 1 unspecified atom stereocenters. The maximum atomic E-state index is 12.4. The van der Waals surface area contributed by atoms with Crippen LogP contribution in [0.5, 0.6) is 0 Å². The van der Waals surface area contributed by atoms with Crippen LogP contribution in [0.1, 0.15) is 23.3 Å². The number of hydrogen-bond acceptors (Lipinski definition) is 2. The Balaban J connectivity index is 2.28. The molecule has 1 aromatic heterocycles. The molecule has 0 aliphatic heterocycles. The number of alkyl halides is 3. The first-order valence-electron chi connectivity index (χ1n) is 5.64. The first kappa shape index (κ1) is 13.8. The summed E-state index contributed by atoms with van der Waals surface area (Å²) in [4.78, 5) is 12.5. The first-order chi connectivity index (χ1) is 8.91. The minimum Gasteiger partial charge on any atom is -0.303 e. The highest BCUT2D eigenvalue weighted by Crippen LogP contribution is 2.34. The van der Waals surface area contributed by atoms with Crippen molar-refractivity contribution in [2.45, 2.75) is 19.0 Å². The summed E-state index contributed by atoms with van der Waals surface area (Å²) in [5.74, 6) is -0.187. The van der Waals surface area contributed by atoms with Crippen LogP contribution in [-0.2, 0) is 11.0 Å². The van der Waals surface area contributed by atoms with E-state index in [1.165, 1.54) is 23.5 Å². The fourth-order valence-corrected chi connectivity index (χ4v) is 2.66. The second-order valence-electron chi connectivity index (χ2n) is 4.20. The van der Waals surface area contributed by atoms with Crippen LogP contribution in [0.3, 0.4) is 0 Å². The van der Waals surface area contributed by atoms with Crippen molar-refractivity contribution in [2.75, 3.05) is 0 Å². The Bertz CT molecular complexity index is 569. The van der Waals surface area contributed by atoms with Crippen molar-refractivity contribution in [1.82, 2.24) is 0 Å². The fraction of sp³-hybridized carbons (Fsp3) is 0.214. The number of rotatable bonds is 3. The monoisotopic (exact) mass is 284 g/mol. The molecule has 0 N–H and O–H groups in total. The van der Waals surface area contributed by atoms with Crippen molar-refractivity contribution in [1.29, 1.82) is 0 Å². The van der Waals surface area contributed by atoms with Crippen LogP contribution in [0.25, 0.3) is 10.4 Å². The highest BCUT2D eigenvalue weighted by molar-refractivity contribution is 7.15. The van der Waals surface area contributed by atoms with Crippen molar-refractivity contribution < 1.29 is 18.0 Å². The zero-order chi connectivity index (χ0) is 14.0. The third-order valence-electron chi connectivity index (χ3n) is 2.78. The maximum Gasteiger partial charge on any atom is 0.416 e. The molecule has 0 aliphatic carbocycles. The number of aldehydes is 1. The van der Waals surface area contributed by atoms with Gasteiger partial charge in [-0.25, -0.2) is 0 Å². The summed E-state index contributed by atoms with van der Waals surface area (Å²) in [5, 5.41) is 0. The van der Waals surface area contributed by atoms with E-state index < -0.39 is 11.7 Å². The van der Waals surface area contributed by atoms with Gasteiger partial charge in [0.25, 0.3) is 0 Å². The fourth-order valence-electron chi connectivity index (χ4n) is 1.64. The molecule has 0 bridgehead atoms. The van der Waals surface area contributed by atoms with Crippen molar-refractivity contribution in [3.63, 3.8) is 0 Å².